The number of aryl methyl sites for hydroxylation is 1. The minimum Gasteiger partial charge on any atom is -0.298 e. The number of carbonyl (C=O) groups excluding carboxylic acids is 1. The number of hydrogen-bond donors (Lipinski definition) is 0. The number of thiophene rings is 1. The van der Waals surface area contributed by atoms with E-state index in [0.29, 0.717) is 15.6 Å². The summed E-state index contributed by atoms with van der Waals surface area (Å²) in [5.41, 5.74) is 3.22. The molecule has 3 rings (SSSR count). The maximum Gasteiger partial charge on any atom is 0.153 e. The average molecular weight is 382 g/mol. The Hall–Kier alpha value is -1.43. The smallest absolute Gasteiger partial charge is 0.153 e. The summed E-state index contributed by atoms with van der Waals surface area (Å²) in [6, 6.07) is 9.61. The lowest BCUT2D eigenvalue weighted by Crippen LogP contribution is -1.97. The molecule has 2 heterocycles. The molecule has 0 spiro atoms. The predicted octanol–water partition coefficient (Wildman–Crippen LogP) is 5.14. The van der Waals surface area contributed by atoms with Crippen LogP contribution >= 0.6 is 38.9 Å². The summed E-state index contributed by atoms with van der Waals surface area (Å²) in [5.74, 6) is 0. The van der Waals surface area contributed by atoms with Crippen molar-refractivity contribution in [3.05, 3.63) is 56.5 Å². The fraction of sp³-hybridized carbons (Fsp3) is 0.0667. The number of halogens is 2. The second-order valence-corrected chi connectivity index (χ2v) is 7.16. The maximum absolute atomic E-state index is 11.3. The third kappa shape index (κ3) is 2.81. The molecule has 0 saturated carbocycles. The molecule has 0 aliphatic carbocycles. The number of benzene rings is 1. The van der Waals surface area contributed by atoms with E-state index in [2.05, 4.69) is 21.0 Å². The van der Waals surface area contributed by atoms with E-state index in [0.717, 1.165) is 26.9 Å². The van der Waals surface area contributed by atoms with Gasteiger partial charge in [0.25, 0.3) is 0 Å². The summed E-state index contributed by atoms with van der Waals surface area (Å²) in [7, 11) is 0. The van der Waals surface area contributed by atoms with Crippen LogP contribution < -0.4 is 0 Å². The molecule has 3 aromatic rings. The van der Waals surface area contributed by atoms with Crippen LogP contribution in [0.1, 0.15) is 15.9 Å². The Morgan fingerprint density at radius 2 is 2.14 bits per heavy atom. The van der Waals surface area contributed by atoms with E-state index in [-0.39, 0.29) is 0 Å². The first-order valence-electron chi connectivity index (χ1n) is 6.15. The van der Waals surface area contributed by atoms with E-state index in [1.807, 2.05) is 31.2 Å². The van der Waals surface area contributed by atoms with Crippen molar-refractivity contribution in [3.8, 4) is 16.3 Å². The summed E-state index contributed by atoms with van der Waals surface area (Å²) in [4.78, 5) is 12.2. The molecule has 0 aliphatic rings. The van der Waals surface area contributed by atoms with Crippen LogP contribution in [-0.2, 0) is 0 Å². The fourth-order valence-electron chi connectivity index (χ4n) is 2.11. The lowest BCUT2D eigenvalue weighted by Gasteiger charge is -2.05. The first-order valence-corrected chi connectivity index (χ1v) is 8.14. The average Bonchev–Trinajstić information content (AvgIpc) is 3.04. The molecule has 0 unspecified atom stereocenters. The number of carbonyl (C=O) groups is 1. The van der Waals surface area contributed by atoms with Gasteiger partial charge in [-0.2, -0.15) is 5.10 Å². The van der Waals surface area contributed by atoms with Crippen LogP contribution in [0.15, 0.2) is 41.0 Å². The molecule has 0 atom stereocenters. The van der Waals surface area contributed by atoms with Crippen molar-refractivity contribution in [2.24, 2.45) is 0 Å². The zero-order valence-electron chi connectivity index (χ0n) is 11.0. The molecule has 6 heteroatoms. The highest BCUT2D eigenvalue weighted by Gasteiger charge is 2.14. The number of nitrogens with zero attached hydrogens (tertiary/aromatic N) is 2. The van der Waals surface area contributed by atoms with Crippen LogP contribution in [-0.4, -0.2) is 16.1 Å². The first kappa shape index (κ1) is 14.5. The molecule has 0 radical (unpaired) electrons. The number of aldehydes is 1. The third-order valence-electron chi connectivity index (χ3n) is 3.08. The molecular formula is C15H10BrClN2OS. The van der Waals surface area contributed by atoms with Gasteiger partial charge in [0.05, 0.1) is 20.5 Å². The Bertz CT molecular complexity index is 825. The van der Waals surface area contributed by atoms with Crippen molar-refractivity contribution in [1.82, 2.24) is 9.78 Å². The summed E-state index contributed by atoms with van der Waals surface area (Å²) in [6.45, 7) is 2.00. The lowest BCUT2D eigenvalue weighted by molar-refractivity contribution is 0.112. The number of aromatic nitrogens is 2. The Kier molecular flexibility index (Phi) is 3.97. The summed E-state index contributed by atoms with van der Waals surface area (Å²) < 4.78 is 3.42. The fourth-order valence-corrected chi connectivity index (χ4v) is 3.63. The molecule has 3 nitrogen and oxygen atoms in total. The van der Waals surface area contributed by atoms with Crippen molar-refractivity contribution in [3.63, 3.8) is 0 Å². The van der Waals surface area contributed by atoms with Crippen molar-refractivity contribution in [1.29, 1.82) is 0 Å². The molecular weight excluding hydrogens is 372 g/mol. The molecule has 0 fully saturated rings. The zero-order valence-corrected chi connectivity index (χ0v) is 14.2. The maximum atomic E-state index is 11.3. The molecule has 0 amide bonds. The minimum atomic E-state index is 0.552. The normalized spacial score (nSPS) is 10.8. The first-order chi connectivity index (χ1) is 10.1. The highest BCUT2D eigenvalue weighted by molar-refractivity contribution is 9.10. The van der Waals surface area contributed by atoms with Gasteiger partial charge in [0.1, 0.15) is 5.69 Å². The SMILES string of the molecule is Cc1cc(Br)ccc1-n1cc(C=O)c(-c2ccc(Cl)s2)n1. The molecule has 0 saturated heterocycles. The van der Waals surface area contributed by atoms with Gasteiger partial charge in [0.2, 0.25) is 0 Å². The second-order valence-electron chi connectivity index (χ2n) is 4.53. The van der Waals surface area contributed by atoms with E-state index in [1.165, 1.54) is 11.3 Å². The third-order valence-corrected chi connectivity index (χ3v) is 4.81. The van der Waals surface area contributed by atoms with Crippen LogP contribution in [0.2, 0.25) is 4.34 Å². The largest absolute Gasteiger partial charge is 0.298 e. The van der Waals surface area contributed by atoms with E-state index < -0.39 is 0 Å². The van der Waals surface area contributed by atoms with Gasteiger partial charge in [-0.1, -0.05) is 27.5 Å². The topological polar surface area (TPSA) is 34.9 Å². The number of hydrogen-bond acceptors (Lipinski definition) is 3. The van der Waals surface area contributed by atoms with Gasteiger partial charge in [-0.25, -0.2) is 4.68 Å². The van der Waals surface area contributed by atoms with Crippen molar-refractivity contribution in [2.75, 3.05) is 0 Å². The molecule has 0 aliphatic heterocycles. The Morgan fingerprint density at radius 1 is 1.33 bits per heavy atom. The molecule has 21 heavy (non-hydrogen) atoms. The second kappa shape index (κ2) is 5.75. The molecule has 0 bridgehead atoms. The Morgan fingerprint density at radius 3 is 2.76 bits per heavy atom. The lowest BCUT2D eigenvalue weighted by atomic mass is 10.2. The van der Waals surface area contributed by atoms with Crippen LogP contribution in [0.25, 0.3) is 16.3 Å². The van der Waals surface area contributed by atoms with Gasteiger partial charge >= 0.3 is 0 Å². The van der Waals surface area contributed by atoms with Crippen LogP contribution in [0.4, 0.5) is 0 Å². The van der Waals surface area contributed by atoms with Gasteiger partial charge in [0.15, 0.2) is 6.29 Å². The van der Waals surface area contributed by atoms with E-state index in [1.54, 1.807) is 16.9 Å². The van der Waals surface area contributed by atoms with Crippen LogP contribution in [0, 0.1) is 6.92 Å². The van der Waals surface area contributed by atoms with Crippen LogP contribution in [0.5, 0.6) is 0 Å². The quantitative estimate of drug-likeness (QED) is 0.589. The van der Waals surface area contributed by atoms with Gasteiger partial charge in [-0.15, -0.1) is 11.3 Å². The van der Waals surface area contributed by atoms with Gasteiger partial charge in [0, 0.05) is 10.7 Å². The highest BCUT2D eigenvalue weighted by Crippen LogP contribution is 2.32. The molecule has 1 aromatic carbocycles. The van der Waals surface area contributed by atoms with E-state index in [4.69, 9.17) is 11.6 Å². The molecule has 0 N–H and O–H groups in total. The van der Waals surface area contributed by atoms with Gasteiger partial charge in [-0.05, 0) is 42.8 Å². The highest BCUT2D eigenvalue weighted by atomic mass is 79.9. The van der Waals surface area contributed by atoms with E-state index >= 15 is 0 Å². The predicted molar refractivity (Wildman–Crippen MR) is 89.7 cm³/mol. The van der Waals surface area contributed by atoms with Gasteiger partial charge < -0.3 is 0 Å². The summed E-state index contributed by atoms with van der Waals surface area (Å²) in [6.07, 6.45) is 2.56. The van der Waals surface area contributed by atoms with Gasteiger partial charge in [-0.3, -0.25) is 4.79 Å². The monoisotopic (exact) mass is 380 g/mol. The summed E-state index contributed by atoms with van der Waals surface area (Å²) in [5, 5.41) is 4.55. The van der Waals surface area contributed by atoms with Crippen molar-refractivity contribution >= 4 is 45.2 Å². The number of rotatable bonds is 3. The molecule has 106 valence electrons. The standard InChI is InChI=1S/C15H10BrClN2OS/c1-9-6-11(16)2-3-12(9)19-7-10(8-20)15(18-19)13-4-5-14(17)21-13/h2-8H,1H3. The minimum absolute atomic E-state index is 0.552. The van der Waals surface area contributed by atoms with Crippen LogP contribution in [0.3, 0.4) is 0 Å². The Balaban J connectivity index is 2.13. The van der Waals surface area contributed by atoms with Crippen molar-refractivity contribution in [2.45, 2.75) is 6.92 Å². The zero-order chi connectivity index (χ0) is 15.0. The van der Waals surface area contributed by atoms with Crippen molar-refractivity contribution < 1.29 is 4.79 Å². The van der Waals surface area contributed by atoms with E-state index in [9.17, 15) is 4.79 Å². The molecule has 2 aromatic heterocycles. The summed E-state index contributed by atoms with van der Waals surface area (Å²) >= 11 is 10.8. The Labute approximate surface area is 139 Å².